The van der Waals surface area contributed by atoms with Crippen LogP contribution >= 0.6 is 23.4 Å². The summed E-state index contributed by atoms with van der Waals surface area (Å²) in [5.41, 5.74) is 1.14. The average molecular weight is 322 g/mol. The van der Waals surface area contributed by atoms with Crippen LogP contribution in [0.4, 0.5) is 0 Å². The maximum Gasteiger partial charge on any atom is 0.115 e. The van der Waals surface area contributed by atoms with Crippen molar-refractivity contribution in [3.8, 4) is 5.75 Å². The predicted octanol–water partition coefficient (Wildman–Crippen LogP) is 4.36. The molecule has 1 unspecified atom stereocenters. The fourth-order valence-corrected chi connectivity index (χ4v) is 3.50. The van der Waals surface area contributed by atoms with E-state index in [1.165, 1.54) is 0 Å². The molecule has 0 saturated carbocycles. The van der Waals surface area contributed by atoms with E-state index >= 15 is 0 Å². The molecule has 0 bridgehead atoms. The van der Waals surface area contributed by atoms with E-state index in [-0.39, 0.29) is 0 Å². The van der Waals surface area contributed by atoms with Crippen LogP contribution in [0.25, 0.3) is 0 Å². The Bertz CT molecular complexity index is 576. The van der Waals surface area contributed by atoms with Crippen LogP contribution in [0.1, 0.15) is 12.5 Å². The van der Waals surface area contributed by atoms with Crippen LogP contribution in [0, 0.1) is 0 Å². The number of halogens is 1. The van der Waals surface area contributed by atoms with Crippen LogP contribution < -0.4 is 5.32 Å². The third-order valence-electron chi connectivity index (χ3n) is 3.16. The van der Waals surface area contributed by atoms with E-state index in [2.05, 4.69) is 12.2 Å². The van der Waals surface area contributed by atoms with Gasteiger partial charge in [-0.3, -0.25) is 0 Å². The summed E-state index contributed by atoms with van der Waals surface area (Å²) in [7, 11) is 0. The van der Waals surface area contributed by atoms with Crippen LogP contribution in [-0.4, -0.2) is 23.4 Å². The van der Waals surface area contributed by atoms with Gasteiger partial charge in [0.05, 0.1) is 5.02 Å². The zero-order valence-corrected chi connectivity index (χ0v) is 13.6. The number of phenolic OH excluding ortho intramolecular Hbond substituents is 1. The number of hydrogen-bond acceptors (Lipinski definition) is 3. The third kappa shape index (κ3) is 5.27. The average Bonchev–Trinajstić information content (AvgIpc) is 2.46. The Labute approximate surface area is 135 Å². The van der Waals surface area contributed by atoms with Gasteiger partial charge in [-0.1, -0.05) is 42.8 Å². The van der Waals surface area contributed by atoms with Crippen molar-refractivity contribution >= 4 is 23.4 Å². The van der Waals surface area contributed by atoms with Crippen LogP contribution in [0.15, 0.2) is 53.4 Å². The van der Waals surface area contributed by atoms with E-state index in [0.29, 0.717) is 11.8 Å². The Morgan fingerprint density at radius 1 is 1.19 bits per heavy atom. The number of thioether (sulfide) groups is 1. The zero-order valence-electron chi connectivity index (χ0n) is 12.1. The summed E-state index contributed by atoms with van der Waals surface area (Å²) in [6.45, 7) is 3.03. The first kappa shape index (κ1) is 16.2. The second kappa shape index (κ2) is 8.32. The highest BCUT2D eigenvalue weighted by molar-refractivity contribution is 7.99. The summed E-state index contributed by atoms with van der Waals surface area (Å²) in [6.07, 6.45) is 0.889. The summed E-state index contributed by atoms with van der Waals surface area (Å²) < 4.78 is 0. The molecule has 2 nitrogen and oxygen atoms in total. The first-order chi connectivity index (χ1) is 10.2. The lowest BCUT2D eigenvalue weighted by molar-refractivity contribution is 0.473. The molecule has 4 heteroatoms. The minimum absolute atomic E-state index is 0.321. The second-order valence-electron chi connectivity index (χ2n) is 4.87. The molecule has 0 spiro atoms. The quantitative estimate of drug-likeness (QED) is 0.743. The topological polar surface area (TPSA) is 32.3 Å². The molecule has 0 aliphatic carbocycles. The van der Waals surface area contributed by atoms with Gasteiger partial charge in [0.1, 0.15) is 5.75 Å². The van der Waals surface area contributed by atoms with Gasteiger partial charge in [-0.15, -0.1) is 11.8 Å². The fraction of sp³-hybridized carbons (Fsp3) is 0.294. The number of likely N-dealkylation sites (N-methyl/N-ethyl adjacent to an activating group) is 1. The highest BCUT2D eigenvalue weighted by Gasteiger charge is 2.10. The minimum atomic E-state index is 0.321. The standard InChI is InChI=1S/C17H20ClNOS/c1-2-19-14(10-13-6-5-7-15(20)11-13)12-21-17-9-4-3-8-16(17)18/h3-9,11,14,19-20H,2,10,12H2,1H3. The fourth-order valence-electron chi connectivity index (χ4n) is 2.20. The lowest BCUT2D eigenvalue weighted by Crippen LogP contribution is -2.33. The maximum atomic E-state index is 9.56. The molecule has 2 aromatic rings. The van der Waals surface area contributed by atoms with Crippen LogP contribution in [0.2, 0.25) is 5.02 Å². The molecule has 0 aliphatic heterocycles. The molecule has 112 valence electrons. The first-order valence-corrected chi connectivity index (χ1v) is 8.44. The Morgan fingerprint density at radius 3 is 2.71 bits per heavy atom. The van der Waals surface area contributed by atoms with Crippen molar-refractivity contribution in [3.63, 3.8) is 0 Å². The van der Waals surface area contributed by atoms with Gasteiger partial charge in [-0.2, -0.15) is 0 Å². The Kier molecular flexibility index (Phi) is 6.43. The lowest BCUT2D eigenvalue weighted by Gasteiger charge is -2.18. The van der Waals surface area contributed by atoms with Gasteiger partial charge < -0.3 is 10.4 Å². The number of nitrogens with one attached hydrogen (secondary N) is 1. The van der Waals surface area contributed by atoms with Crippen molar-refractivity contribution in [2.45, 2.75) is 24.3 Å². The van der Waals surface area contributed by atoms with E-state index in [1.807, 2.05) is 42.5 Å². The Balaban J connectivity index is 1.97. The van der Waals surface area contributed by atoms with E-state index in [0.717, 1.165) is 34.2 Å². The van der Waals surface area contributed by atoms with E-state index in [4.69, 9.17) is 11.6 Å². The Morgan fingerprint density at radius 2 is 2.00 bits per heavy atom. The third-order valence-corrected chi connectivity index (χ3v) is 4.84. The molecule has 0 fully saturated rings. The highest BCUT2D eigenvalue weighted by Crippen LogP contribution is 2.27. The molecule has 2 aromatic carbocycles. The Hall–Kier alpha value is -1.16. The molecule has 2 N–H and O–H groups in total. The molecular formula is C17H20ClNOS. The van der Waals surface area contributed by atoms with Crippen LogP contribution in [0.5, 0.6) is 5.75 Å². The van der Waals surface area contributed by atoms with E-state index < -0.39 is 0 Å². The van der Waals surface area contributed by atoms with Crippen molar-refractivity contribution in [1.82, 2.24) is 5.32 Å². The second-order valence-corrected chi connectivity index (χ2v) is 6.34. The number of benzene rings is 2. The van der Waals surface area contributed by atoms with E-state index in [1.54, 1.807) is 17.8 Å². The number of aromatic hydroxyl groups is 1. The molecule has 0 radical (unpaired) electrons. The molecule has 0 saturated heterocycles. The summed E-state index contributed by atoms with van der Waals surface area (Å²) in [6, 6.07) is 15.7. The van der Waals surface area contributed by atoms with Gasteiger partial charge in [0.25, 0.3) is 0 Å². The SMILES string of the molecule is CCNC(CSc1ccccc1Cl)Cc1cccc(O)c1. The van der Waals surface area contributed by atoms with Gasteiger partial charge in [0.15, 0.2) is 0 Å². The molecule has 0 aromatic heterocycles. The van der Waals surface area contributed by atoms with Gasteiger partial charge >= 0.3 is 0 Å². The van der Waals surface area contributed by atoms with Crippen molar-refractivity contribution in [3.05, 3.63) is 59.1 Å². The number of hydrogen-bond donors (Lipinski definition) is 2. The van der Waals surface area contributed by atoms with Gasteiger partial charge in [0, 0.05) is 16.7 Å². The monoisotopic (exact) mass is 321 g/mol. The van der Waals surface area contributed by atoms with Crippen LogP contribution in [0.3, 0.4) is 0 Å². The summed E-state index contributed by atoms with van der Waals surface area (Å²) in [5, 5.41) is 13.9. The van der Waals surface area contributed by atoms with Gasteiger partial charge in [0.2, 0.25) is 0 Å². The van der Waals surface area contributed by atoms with Crippen molar-refractivity contribution in [1.29, 1.82) is 0 Å². The molecule has 21 heavy (non-hydrogen) atoms. The molecule has 0 heterocycles. The van der Waals surface area contributed by atoms with Crippen molar-refractivity contribution < 1.29 is 5.11 Å². The molecule has 0 amide bonds. The maximum absolute atomic E-state index is 9.56. The largest absolute Gasteiger partial charge is 0.508 e. The molecular weight excluding hydrogens is 302 g/mol. The summed E-state index contributed by atoms with van der Waals surface area (Å²) in [4.78, 5) is 1.11. The van der Waals surface area contributed by atoms with Crippen molar-refractivity contribution in [2.24, 2.45) is 0 Å². The number of phenols is 1. The minimum Gasteiger partial charge on any atom is -0.508 e. The summed E-state index contributed by atoms with van der Waals surface area (Å²) >= 11 is 7.95. The normalized spacial score (nSPS) is 12.3. The van der Waals surface area contributed by atoms with Gasteiger partial charge in [-0.25, -0.2) is 0 Å². The van der Waals surface area contributed by atoms with E-state index in [9.17, 15) is 5.11 Å². The zero-order chi connectivity index (χ0) is 15.1. The molecule has 0 aliphatic rings. The smallest absolute Gasteiger partial charge is 0.115 e. The number of rotatable bonds is 7. The first-order valence-electron chi connectivity index (χ1n) is 7.07. The predicted molar refractivity (Wildman–Crippen MR) is 91.5 cm³/mol. The van der Waals surface area contributed by atoms with Gasteiger partial charge in [-0.05, 0) is 42.8 Å². The molecule has 2 rings (SSSR count). The summed E-state index contributed by atoms with van der Waals surface area (Å²) in [5.74, 6) is 1.26. The van der Waals surface area contributed by atoms with Crippen molar-refractivity contribution in [2.75, 3.05) is 12.3 Å². The highest BCUT2D eigenvalue weighted by atomic mass is 35.5. The van der Waals surface area contributed by atoms with Crippen LogP contribution in [-0.2, 0) is 6.42 Å². The lowest BCUT2D eigenvalue weighted by atomic mass is 10.1. The molecule has 1 atom stereocenters.